The van der Waals surface area contributed by atoms with Crippen molar-refractivity contribution in [1.29, 1.82) is 0 Å². The summed E-state index contributed by atoms with van der Waals surface area (Å²) in [7, 11) is 1.90. The second-order valence-electron chi connectivity index (χ2n) is 7.95. The number of aryl methyl sites for hydroxylation is 1. The summed E-state index contributed by atoms with van der Waals surface area (Å²) in [5, 5.41) is 20.8. The fraction of sp³-hybridized carbons (Fsp3) is 0.478. The summed E-state index contributed by atoms with van der Waals surface area (Å²) < 4.78 is 0. The minimum absolute atomic E-state index is 0.0298. The van der Waals surface area contributed by atoms with E-state index in [4.69, 9.17) is 11.6 Å². The van der Waals surface area contributed by atoms with Crippen LogP contribution in [0.1, 0.15) is 46.4 Å². The number of rotatable bonds is 8. The number of hydrogen-bond acceptors (Lipinski definition) is 9. The first-order valence-corrected chi connectivity index (χ1v) is 12.4. The molecular formula is C23H33ClN6O2S. The molecule has 0 bridgehead atoms. The summed E-state index contributed by atoms with van der Waals surface area (Å²) in [6.45, 7) is 3.29. The molecule has 8 nitrogen and oxygen atoms in total. The van der Waals surface area contributed by atoms with Crippen molar-refractivity contribution in [3.8, 4) is 0 Å². The van der Waals surface area contributed by atoms with Crippen molar-refractivity contribution in [2.45, 2.75) is 51.0 Å². The lowest BCUT2D eigenvalue weighted by Crippen LogP contribution is -2.44. The maximum Gasteiger partial charge on any atom is 0.133 e. The van der Waals surface area contributed by atoms with Crippen LogP contribution in [0, 0.1) is 6.92 Å². The second kappa shape index (κ2) is 13.1. The van der Waals surface area contributed by atoms with E-state index in [1.54, 1.807) is 0 Å². The van der Waals surface area contributed by atoms with Gasteiger partial charge in [-0.1, -0.05) is 30.2 Å². The minimum Gasteiger partial charge on any atom is -0.391 e. The summed E-state index contributed by atoms with van der Waals surface area (Å²) in [6.07, 6.45) is 6.64. The molecule has 1 saturated heterocycles. The van der Waals surface area contributed by atoms with Crippen LogP contribution in [0.5, 0.6) is 0 Å². The van der Waals surface area contributed by atoms with Crippen LogP contribution >= 0.6 is 22.9 Å². The number of aldehydes is 1. The van der Waals surface area contributed by atoms with Crippen molar-refractivity contribution in [2.24, 2.45) is 0 Å². The number of hydrogen-bond donors (Lipinski definition) is 6. The molecule has 1 fully saturated rings. The average molecular weight is 493 g/mol. The molecule has 33 heavy (non-hydrogen) atoms. The predicted molar refractivity (Wildman–Crippen MR) is 134 cm³/mol. The van der Waals surface area contributed by atoms with E-state index in [0.29, 0.717) is 12.6 Å². The fourth-order valence-electron chi connectivity index (χ4n) is 3.83. The highest BCUT2D eigenvalue weighted by molar-refractivity contribution is 7.11. The number of benzene rings is 1. The fourth-order valence-corrected chi connectivity index (χ4v) is 5.02. The number of piperidine rings is 1. The topological polar surface area (TPSA) is 110 Å². The van der Waals surface area contributed by atoms with Gasteiger partial charge < -0.3 is 26.0 Å². The Morgan fingerprint density at radius 1 is 1.33 bits per heavy atom. The van der Waals surface area contributed by atoms with Gasteiger partial charge in [-0.2, -0.15) is 0 Å². The predicted octanol–water partition coefficient (Wildman–Crippen LogP) is 2.25. The number of aromatic nitrogens is 1. The monoisotopic (exact) mass is 492 g/mol. The van der Waals surface area contributed by atoms with Gasteiger partial charge in [0.25, 0.3) is 0 Å². The number of aliphatic hydroxyl groups is 1. The van der Waals surface area contributed by atoms with Gasteiger partial charge in [0.15, 0.2) is 0 Å². The minimum atomic E-state index is 0.0298. The smallest absolute Gasteiger partial charge is 0.133 e. The Hall–Kier alpha value is -1.85. The molecule has 1 aromatic heterocycles. The molecular weight excluding hydrogens is 460 g/mol. The molecule has 3 unspecified atom stereocenters. The van der Waals surface area contributed by atoms with Crippen molar-refractivity contribution in [1.82, 2.24) is 31.8 Å². The Balaban J connectivity index is 0.000000194. The number of halogens is 1. The van der Waals surface area contributed by atoms with E-state index in [2.05, 4.69) is 37.9 Å². The number of carbonyl (C=O) groups is 1. The highest BCUT2D eigenvalue weighted by Crippen LogP contribution is 2.28. The molecule has 2 aliphatic heterocycles. The van der Waals surface area contributed by atoms with Crippen LogP contribution in [0.4, 0.5) is 0 Å². The third-order valence-corrected chi connectivity index (χ3v) is 7.13. The Morgan fingerprint density at radius 3 is 2.70 bits per heavy atom. The molecule has 0 saturated carbocycles. The number of thiazole rings is 1. The summed E-state index contributed by atoms with van der Waals surface area (Å²) in [5.74, 6) is 0. The molecule has 0 aliphatic carbocycles. The van der Waals surface area contributed by atoms with Gasteiger partial charge in [-0.25, -0.2) is 10.4 Å². The molecule has 3 heterocycles. The molecule has 0 amide bonds. The molecule has 2 aliphatic rings. The Morgan fingerprint density at radius 2 is 2.12 bits per heavy atom. The second-order valence-corrected chi connectivity index (χ2v) is 9.50. The molecule has 3 atom stereocenters. The van der Waals surface area contributed by atoms with Gasteiger partial charge in [0.1, 0.15) is 11.3 Å². The number of nitrogens with one attached hydrogen (secondary N) is 5. The Bertz CT molecular complexity index is 914. The van der Waals surface area contributed by atoms with Crippen molar-refractivity contribution < 1.29 is 9.90 Å². The highest BCUT2D eigenvalue weighted by Gasteiger charge is 2.27. The maximum absolute atomic E-state index is 10.6. The van der Waals surface area contributed by atoms with Crippen LogP contribution in [0.15, 0.2) is 30.3 Å². The molecule has 6 N–H and O–H groups in total. The van der Waals surface area contributed by atoms with Gasteiger partial charge in [-0.3, -0.25) is 5.32 Å². The molecule has 4 rings (SSSR count). The molecule has 10 heteroatoms. The van der Waals surface area contributed by atoms with Crippen molar-refractivity contribution in [2.75, 3.05) is 20.1 Å². The number of carbonyl (C=O) groups excluding carboxylic acids is 1. The van der Waals surface area contributed by atoms with Crippen LogP contribution in [0.25, 0.3) is 5.70 Å². The maximum atomic E-state index is 10.6. The number of likely N-dealkylation sites (N-methyl/N-ethyl adjacent to an activating group) is 1. The lowest BCUT2D eigenvalue weighted by molar-refractivity contribution is -0.107. The zero-order valence-electron chi connectivity index (χ0n) is 19.0. The lowest BCUT2D eigenvalue weighted by atomic mass is 9.98. The van der Waals surface area contributed by atoms with Gasteiger partial charge >= 0.3 is 0 Å². The van der Waals surface area contributed by atoms with Gasteiger partial charge in [0, 0.05) is 11.1 Å². The first-order chi connectivity index (χ1) is 16.0. The molecule has 2 aromatic rings. The molecule has 0 spiro atoms. The number of hydrazine groups is 1. The quantitative estimate of drug-likeness (QED) is 0.311. The SMILES string of the molecule is CNC1C=C(c2ccc(Cl)cc2)NN1.Cc1nc(C(NCC=O)C2CCCCN2)sc1CO. The van der Waals surface area contributed by atoms with Crippen LogP contribution in [-0.2, 0) is 11.4 Å². The van der Waals surface area contributed by atoms with E-state index >= 15 is 0 Å². The van der Waals surface area contributed by atoms with Crippen LogP contribution in [0.3, 0.4) is 0 Å². The summed E-state index contributed by atoms with van der Waals surface area (Å²) >= 11 is 7.34. The lowest BCUT2D eigenvalue weighted by Gasteiger charge is -2.30. The van der Waals surface area contributed by atoms with Crippen LogP contribution in [-0.4, -0.2) is 48.7 Å². The summed E-state index contributed by atoms with van der Waals surface area (Å²) in [6, 6.07) is 8.10. The average Bonchev–Trinajstić information content (AvgIpc) is 3.47. The largest absolute Gasteiger partial charge is 0.391 e. The first kappa shape index (κ1) is 25.8. The van der Waals surface area contributed by atoms with Gasteiger partial charge in [-0.05, 0) is 57.1 Å². The van der Waals surface area contributed by atoms with Gasteiger partial charge in [0.2, 0.25) is 0 Å². The van der Waals surface area contributed by atoms with E-state index in [9.17, 15) is 9.90 Å². The third-order valence-electron chi connectivity index (χ3n) is 5.65. The van der Waals surface area contributed by atoms with Crippen LogP contribution < -0.4 is 26.8 Å². The zero-order valence-corrected chi connectivity index (χ0v) is 20.6. The van der Waals surface area contributed by atoms with E-state index in [1.807, 2.05) is 38.2 Å². The van der Waals surface area contributed by atoms with E-state index < -0.39 is 0 Å². The Kier molecular flexibility index (Phi) is 10.3. The van der Waals surface area contributed by atoms with Gasteiger partial charge in [-0.15, -0.1) is 11.3 Å². The highest BCUT2D eigenvalue weighted by atomic mass is 35.5. The summed E-state index contributed by atoms with van der Waals surface area (Å²) in [5.41, 5.74) is 9.26. The van der Waals surface area contributed by atoms with E-state index in [0.717, 1.165) is 51.1 Å². The van der Waals surface area contributed by atoms with Gasteiger partial charge in [0.05, 0.1) is 41.6 Å². The molecule has 180 valence electrons. The first-order valence-electron chi connectivity index (χ1n) is 11.2. The number of aliphatic hydroxyl groups excluding tert-OH is 1. The van der Waals surface area contributed by atoms with Crippen molar-refractivity contribution in [3.05, 3.63) is 56.5 Å². The van der Waals surface area contributed by atoms with E-state index in [1.165, 1.54) is 24.2 Å². The Labute approximate surface area is 204 Å². The zero-order chi connectivity index (χ0) is 23.6. The van der Waals surface area contributed by atoms with Crippen molar-refractivity contribution >= 4 is 34.9 Å². The normalized spacial score (nSPS) is 20.9. The van der Waals surface area contributed by atoms with Crippen LogP contribution in [0.2, 0.25) is 5.02 Å². The third kappa shape index (κ3) is 7.31. The standard InChI is InChI=1S/C13H21N3O2S.C10H12ClN3/c1-9-11(8-18)19-13(16-9)12(15-6-7-17)10-4-2-3-5-14-10;1-12-10-6-9(13-14-10)7-2-4-8(11)5-3-7/h7,10,12,14-15,18H,2-6,8H2,1H3;2-6,10,12-14H,1H3. The van der Waals surface area contributed by atoms with Crippen molar-refractivity contribution in [3.63, 3.8) is 0 Å². The molecule has 0 radical (unpaired) electrons. The summed E-state index contributed by atoms with van der Waals surface area (Å²) in [4.78, 5) is 16.1. The number of nitrogens with zero attached hydrogens (tertiary/aromatic N) is 1. The molecule has 1 aromatic carbocycles. The van der Waals surface area contributed by atoms with E-state index in [-0.39, 0.29) is 18.8 Å².